The molecule has 4 rings (SSSR count). The lowest BCUT2D eigenvalue weighted by Crippen LogP contribution is -2.19. The second-order valence-electron chi connectivity index (χ2n) is 6.62. The van der Waals surface area contributed by atoms with Gasteiger partial charge in [-0.05, 0) is 24.3 Å². The number of rotatable bonds is 7. The van der Waals surface area contributed by atoms with E-state index in [0.717, 1.165) is 26.9 Å². The number of alkyl halides is 3. The van der Waals surface area contributed by atoms with Crippen molar-refractivity contribution in [2.75, 3.05) is 0 Å². The highest BCUT2D eigenvalue weighted by Crippen LogP contribution is 2.31. The third-order valence-corrected chi connectivity index (χ3v) is 6.25. The number of benzene rings is 1. The van der Waals surface area contributed by atoms with Crippen LogP contribution in [0.2, 0.25) is 0 Å². The van der Waals surface area contributed by atoms with Crippen molar-refractivity contribution < 1.29 is 18.0 Å². The van der Waals surface area contributed by atoms with Gasteiger partial charge in [0.2, 0.25) is 5.91 Å². The van der Waals surface area contributed by atoms with Gasteiger partial charge >= 0.3 is 6.18 Å². The van der Waals surface area contributed by atoms with E-state index < -0.39 is 18.6 Å². The molecule has 1 amide bonds. The lowest BCUT2D eigenvalue weighted by molar-refractivity contribution is -0.141. The van der Waals surface area contributed by atoms with Crippen molar-refractivity contribution in [3.63, 3.8) is 0 Å². The van der Waals surface area contributed by atoms with Gasteiger partial charge in [0.25, 0.3) is 0 Å². The second kappa shape index (κ2) is 9.09. The number of thioether (sulfide) groups is 1. The summed E-state index contributed by atoms with van der Waals surface area (Å²) in [5, 5.41) is 10.6. The van der Waals surface area contributed by atoms with Crippen LogP contribution in [0.15, 0.2) is 59.3 Å². The molecule has 0 saturated heterocycles. The van der Waals surface area contributed by atoms with E-state index in [0.29, 0.717) is 22.6 Å². The first-order valence-electron chi connectivity index (χ1n) is 9.18. The molecule has 164 valence electrons. The summed E-state index contributed by atoms with van der Waals surface area (Å²) in [6, 6.07) is 9.90. The van der Waals surface area contributed by atoms with Gasteiger partial charge in [0.1, 0.15) is 11.6 Å². The van der Waals surface area contributed by atoms with Crippen LogP contribution in [-0.4, -0.2) is 36.8 Å². The number of aromatic nitrogens is 5. The minimum absolute atomic E-state index is 0.126. The highest BCUT2D eigenvalue weighted by atomic mass is 32.2. The largest absolute Gasteiger partial charge is 0.406 e. The van der Waals surface area contributed by atoms with Gasteiger partial charge in [-0.2, -0.15) is 13.2 Å². The average molecular weight is 477 g/mol. The number of pyridine rings is 1. The lowest BCUT2D eigenvalue weighted by Gasteiger charge is -2.12. The van der Waals surface area contributed by atoms with Gasteiger partial charge < -0.3 is 5.73 Å². The normalized spacial score (nSPS) is 11.6. The van der Waals surface area contributed by atoms with Crippen molar-refractivity contribution in [1.82, 2.24) is 24.7 Å². The minimum atomic E-state index is -4.43. The van der Waals surface area contributed by atoms with E-state index in [9.17, 15) is 18.0 Å². The molecule has 2 N–H and O–H groups in total. The number of primary amides is 1. The van der Waals surface area contributed by atoms with Crippen LogP contribution in [0.1, 0.15) is 16.1 Å². The fourth-order valence-electron chi connectivity index (χ4n) is 2.85. The van der Waals surface area contributed by atoms with Crippen LogP contribution in [0.25, 0.3) is 22.0 Å². The molecule has 1 aromatic carbocycles. The fraction of sp³-hybridized carbons (Fsp3) is 0.150. The summed E-state index contributed by atoms with van der Waals surface area (Å²) in [6.45, 7) is -1.20. The predicted molar refractivity (Wildman–Crippen MR) is 115 cm³/mol. The third kappa shape index (κ3) is 5.14. The smallest absolute Gasteiger partial charge is 0.366 e. The van der Waals surface area contributed by atoms with E-state index in [-0.39, 0.29) is 11.0 Å². The number of carbonyl (C=O) groups is 1. The number of halogens is 3. The Morgan fingerprint density at radius 1 is 1.06 bits per heavy atom. The molecule has 0 fully saturated rings. The van der Waals surface area contributed by atoms with Crippen molar-refractivity contribution >= 4 is 29.0 Å². The van der Waals surface area contributed by atoms with E-state index in [4.69, 9.17) is 5.73 Å². The van der Waals surface area contributed by atoms with Crippen molar-refractivity contribution in [1.29, 1.82) is 0 Å². The number of nitrogens with zero attached hydrogens (tertiary/aromatic N) is 5. The number of carbonyl (C=O) groups excluding carboxylic acids is 1. The molecule has 0 aliphatic rings. The van der Waals surface area contributed by atoms with E-state index in [1.54, 1.807) is 36.4 Å². The first-order valence-corrected chi connectivity index (χ1v) is 11.0. The van der Waals surface area contributed by atoms with Crippen LogP contribution < -0.4 is 5.73 Å². The molecule has 3 heterocycles. The minimum Gasteiger partial charge on any atom is -0.366 e. The zero-order chi connectivity index (χ0) is 22.7. The van der Waals surface area contributed by atoms with Crippen LogP contribution in [-0.2, 0) is 12.3 Å². The fourth-order valence-corrected chi connectivity index (χ4v) is 4.61. The standard InChI is InChI=1S/C20H15F3N6OS2/c21-20(22,23)11-29-17(13-5-7-25-8-6-13)27-28-19(29)32-10-15-9-31-18(26-15)14-3-1-12(2-4-14)16(24)30/h1-9H,10-11H2,(H2,24,30). The molecule has 0 spiro atoms. The summed E-state index contributed by atoms with van der Waals surface area (Å²) < 4.78 is 40.6. The molecular weight excluding hydrogens is 461 g/mol. The number of nitrogens with two attached hydrogens (primary N) is 1. The zero-order valence-electron chi connectivity index (χ0n) is 16.3. The molecule has 0 saturated carbocycles. The predicted octanol–water partition coefficient (Wildman–Crippen LogP) is 4.42. The third-order valence-electron chi connectivity index (χ3n) is 4.31. The molecule has 0 aliphatic heterocycles. The Bertz CT molecular complexity index is 1220. The molecule has 3 aromatic heterocycles. The maximum Gasteiger partial charge on any atom is 0.406 e. The highest BCUT2D eigenvalue weighted by Gasteiger charge is 2.31. The van der Waals surface area contributed by atoms with Gasteiger partial charge in [-0.25, -0.2) is 4.98 Å². The lowest BCUT2D eigenvalue weighted by atomic mass is 10.1. The van der Waals surface area contributed by atoms with Gasteiger partial charge in [-0.3, -0.25) is 14.3 Å². The quantitative estimate of drug-likeness (QED) is 0.397. The van der Waals surface area contributed by atoms with Gasteiger partial charge in [-0.15, -0.1) is 21.5 Å². The van der Waals surface area contributed by atoms with Crippen molar-refractivity contribution in [3.05, 3.63) is 65.4 Å². The summed E-state index contributed by atoms with van der Waals surface area (Å²) in [6.07, 6.45) is -1.45. The Balaban J connectivity index is 1.53. The van der Waals surface area contributed by atoms with Crippen LogP contribution in [0, 0.1) is 0 Å². The van der Waals surface area contributed by atoms with Crippen LogP contribution in [0.3, 0.4) is 0 Å². The summed E-state index contributed by atoms with van der Waals surface area (Å²) in [4.78, 5) is 19.6. The number of amides is 1. The van der Waals surface area contributed by atoms with Crippen molar-refractivity contribution in [3.8, 4) is 22.0 Å². The van der Waals surface area contributed by atoms with Gasteiger partial charge in [-0.1, -0.05) is 23.9 Å². The van der Waals surface area contributed by atoms with Crippen LogP contribution in [0.4, 0.5) is 13.2 Å². The molecular formula is C20H15F3N6OS2. The molecule has 0 atom stereocenters. The van der Waals surface area contributed by atoms with E-state index in [1.807, 2.05) is 5.38 Å². The molecule has 0 unspecified atom stereocenters. The number of hydrogen-bond donors (Lipinski definition) is 1. The SMILES string of the molecule is NC(=O)c1ccc(-c2nc(CSc3nnc(-c4ccncc4)n3CC(F)(F)F)cs2)cc1. The first kappa shape index (κ1) is 22.0. The Morgan fingerprint density at radius 3 is 2.44 bits per heavy atom. The maximum atomic E-state index is 13.2. The van der Waals surface area contributed by atoms with E-state index in [1.165, 1.54) is 23.7 Å². The number of hydrogen-bond acceptors (Lipinski definition) is 7. The molecule has 12 heteroatoms. The Morgan fingerprint density at radius 2 is 1.78 bits per heavy atom. The highest BCUT2D eigenvalue weighted by molar-refractivity contribution is 7.98. The van der Waals surface area contributed by atoms with Crippen LogP contribution in [0.5, 0.6) is 0 Å². The Labute approximate surface area is 188 Å². The number of thiazole rings is 1. The Hall–Kier alpha value is -3.25. The second-order valence-corrected chi connectivity index (χ2v) is 8.42. The van der Waals surface area contributed by atoms with Crippen molar-refractivity contribution in [2.24, 2.45) is 5.73 Å². The van der Waals surface area contributed by atoms with Crippen molar-refractivity contribution in [2.45, 2.75) is 23.6 Å². The average Bonchev–Trinajstić information content (AvgIpc) is 3.39. The summed E-state index contributed by atoms with van der Waals surface area (Å²) in [5.74, 6) is -0.0648. The molecule has 4 aromatic rings. The van der Waals surface area contributed by atoms with Gasteiger partial charge in [0.05, 0.1) is 5.69 Å². The summed E-state index contributed by atoms with van der Waals surface area (Å²) >= 11 is 2.53. The van der Waals surface area contributed by atoms with E-state index >= 15 is 0 Å². The Kier molecular flexibility index (Phi) is 6.24. The molecule has 0 radical (unpaired) electrons. The van der Waals surface area contributed by atoms with Gasteiger partial charge in [0.15, 0.2) is 11.0 Å². The summed E-state index contributed by atoms with van der Waals surface area (Å²) in [5.41, 5.74) is 7.66. The topological polar surface area (TPSA) is 99.6 Å². The molecule has 0 aliphatic carbocycles. The maximum absolute atomic E-state index is 13.2. The van der Waals surface area contributed by atoms with Crippen LogP contribution >= 0.6 is 23.1 Å². The first-order chi connectivity index (χ1) is 15.3. The van der Waals surface area contributed by atoms with Gasteiger partial charge in [0, 0.05) is 40.2 Å². The molecule has 32 heavy (non-hydrogen) atoms. The molecule has 0 bridgehead atoms. The molecule has 7 nitrogen and oxygen atoms in total. The summed E-state index contributed by atoms with van der Waals surface area (Å²) in [7, 11) is 0. The monoisotopic (exact) mass is 476 g/mol. The zero-order valence-corrected chi connectivity index (χ0v) is 17.9. The van der Waals surface area contributed by atoms with E-state index in [2.05, 4.69) is 20.2 Å².